The minimum absolute atomic E-state index is 0.0915. The average molecular weight is 291 g/mol. The summed E-state index contributed by atoms with van der Waals surface area (Å²) in [6.07, 6.45) is 1.31. The third kappa shape index (κ3) is 2.31. The lowest BCUT2D eigenvalue weighted by Crippen LogP contribution is -2.18. The lowest BCUT2D eigenvalue weighted by molar-refractivity contribution is 0.592. The van der Waals surface area contributed by atoms with Gasteiger partial charge in [-0.05, 0) is 18.6 Å². The number of sulfonamides is 1. The number of rotatable bonds is 3. The number of aromatic nitrogens is 2. The molecule has 1 heterocycles. The van der Waals surface area contributed by atoms with Crippen LogP contribution in [0.2, 0.25) is 0 Å². The molecule has 7 nitrogen and oxygen atoms in total. The molecule has 1 aromatic heterocycles. The molecule has 2 rings (SSSR count). The lowest BCUT2D eigenvalue weighted by Gasteiger charge is -2.11. The summed E-state index contributed by atoms with van der Waals surface area (Å²) < 4.78 is 28.3. The summed E-state index contributed by atoms with van der Waals surface area (Å²) >= 11 is 0. The molecule has 0 radical (unpaired) electrons. The van der Waals surface area contributed by atoms with Gasteiger partial charge in [0.05, 0.1) is 17.6 Å². The van der Waals surface area contributed by atoms with E-state index in [2.05, 4.69) is 9.71 Å². The Balaban J connectivity index is 2.50. The van der Waals surface area contributed by atoms with Crippen molar-refractivity contribution in [2.24, 2.45) is 7.05 Å². The predicted octanol–water partition coefficient (Wildman–Crippen LogP) is 0.983. The van der Waals surface area contributed by atoms with Crippen molar-refractivity contribution in [1.82, 2.24) is 9.55 Å². The van der Waals surface area contributed by atoms with E-state index in [4.69, 9.17) is 11.0 Å². The Kier molecular flexibility index (Phi) is 3.38. The van der Waals surface area contributed by atoms with Crippen LogP contribution in [0.25, 0.3) is 0 Å². The quantitative estimate of drug-likeness (QED) is 0.875. The first-order chi connectivity index (χ1) is 9.36. The van der Waals surface area contributed by atoms with Crippen molar-refractivity contribution < 1.29 is 8.42 Å². The molecule has 8 heteroatoms. The summed E-state index contributed by atoms with van der Waals surface area (Å²) in [6, 6.07) is 6.90. The first-order valence-corrected chi connectivity index (χ1v) is 7.14. The number of hydrogen-bond donors (Lipinski definition) is 2. The molecule has 3 N–H and O–H groups in total. The summed E-state index contributed by atoms with van der Waals surface area (Å²) in [5, 5.41) is 8.97. The van der Waals surface area contributed by atoms with Crippen molar-refractivity contribution >= 4 is 21.5 Å². The van der Waals surface area contributed by atoms with Gasteiger partial charge in [0.2, 0.25) is 0 Å². The number of benzene rings is 1. The highest BCUT2D eigenvalue weighted by Crippen LogP contribution is 2.24. The van der Waals surface area contributed by atoms with Gasteiger partial charge in [0, 0.05) is 7.05 Å². The van der Waals surface area contributed by atoms with Crippen LogP contribution >= 0.6 is 0 Å². The largest absolute Gasteiger partial charge is 0.381 e. The van der Waals surface area contributed by atoms with E-state index in [1.165, 1.54) is 24.0 Å². The van der Waals surface area contributed by atoms with Crippen molar-refractivity contribution in [3.63, 3.8) is 0 Å². The fourth-order valence-corrected chi connectivity index (χ4v) is 3.17. The van der Waals surface area contributed by atoms with Gasteiger partial charge in [-0.1, -0.05) is 12.1 Å². The molecule has 0 aliphatic carbocycles. The van der Waals surface area contributed by atoms with E-state index in [9.17, 15) is 8.42 Å². The fraction of sp³-hybridized carbons (Fsp3) is 0.167. The number of anilines is 2. The number of hydrogen-bond acceptors (Lipinski definition) is 5. The zero-order chi connectivity index (χ0) is 14.9. The van der Waals surface area contributed by atoms with Crippen molar-refractivity contribution in [2.45, 2.75) is 11.9 Å². The molecule has 2 aromatic rings. The van der Waals surface area contributed by atoms with E-state index in [1.54, 1.807) is 19.1 Å². The van der Waals surface area contributed by atoms with Crippen LogP contribution < -0.4 is 10.5 Å². The zero-order valence-electron chi connectivity index (χ0n) is 11.0. The third-order valence-corrected chi connectivity index (χ3v) is 4.29. The molecule has 0 fully saturated rings. The Morgan fingerprint density at radius 1 is 1.45 bits per heavy atom. The summed E-state index contributed by atoms with van der Waals surface area (Å²) in [4.78, 5) is 3.74. The van der Waals surface area contributed by atoms with E-state index >= 15 is 0 Å². The van der Waals surface area contributed by atoms with Crippen LogP contribution in [0.3, 0.4) is 0 Å². The summed E-state index contributed by atoms with van der Waals surface area (Å²) in [6.45, 7) is 1.73. The molecule has 20 heavy (non-hydrogen) atoms. The van der Waals surface area contributed by atoms with Crippen molar-refractivity contribution in [3.8, 4) is 6.07 Å². The summed E-state index contributed by atoms with van der Waals surface area (Å²) in [5.41, 5.74) is 6.74. The monoisotopic (exact) mass is 291 g/mol. The van der Waals surface area contributed by atoms with Crippen LogP contribution in [0.15, 0.2) is 29.6 Å². The second-order valence-corrected chi connectivity index (χ2v) is 5.86. The molecule has 0 amide bonds. The second kappa shape index (κ2) is 4.86. The van der Waals surface area contributed by atoms with Crippen LogP contribution in [0.1, 0.15) is 11.1 Å². The van der Waals surface area contributed by atoms with Gasteiger partial charge >= 0.3 is 0 Å². The molecule has 104 valence electrons. The van der Waals surface area contributed by atoms with Gasteiger partial charge in [-0.25, -0.2) is 4.98 Å². The van der Waals surface area contributed by atoms with Crippen LogP contribution in [0, 0.1) is 18.3 Å². The smallest absolute Gasteiger partial charge is 0.281 e. The van der Waals surface area contributed by atoms with Gasteiger partial charge in [-0.15, -0.1) is 0 Å². The Labute approximate surface area is 116 Å². The molecule has 0 aliphatic heterocycles. The first kappa shape index (κ1) is 13.9. The third-order valence-electron chi connectivity index (χ3n) is 2.79. The highest BCUT2D eigenvalue weighted by molar-refractivity contribution is 7.92. The van der Waals surface area contributed by atoms with Gasteiger partial charge < -0.3 is 10.3 Å². The van der Waals surface area contributed by atoms with Gasteiger partial charge in [0.1, 0.15) is 6.07 Å². The van der Waals surface area contributed by atoms with Crippen molar-refractivity contribution in [3.05, 3.63) is 35.7 Å². The van der Waals surface area contributed by atoms with E-state index < -0.39 is 10.0 Å². The maximum atomic E-state index is 12.3. The lowest BCUT2D eigenvalue weighted by atomic mass is 10.1. The Morgan fingerprint density at radius 2 is 2.15 bits per heavy atom. The normalized spacial score (nSPS) is 11.1. The Bertz CT molecular complexity index is 782. The van der Waals surface area contributed by atoms with Gasteiger partial charge in [0.25, 0.3) is 10.0 Å². The predicted molar refractivity (Wildman–Crippen MR) is 74.3 cm³/mol. The number of nitrogens with one attached hydrogen (secondary N) is 1. The minimum Gasteiger partial charge on any atom is -0.381 e. The molecular weight excluding hydrogens is 278 g/mol. The minimum atomic E-state index is -3.91. The molecule has 0 spiro atoms. The molecule has 0 aliphatic rings. The van der Waals surface area contributed by atoms with Crippen LogP contribution in [-0.2, 0) is 17.1 Å². The molecular formula is C12H13N5O2S. The van der Waals surface area contributed by atoms with Crippen molar-refractivity contribution in [1.29, 1.82) is 5.26 Å². The molecule has 1 aromatic carbocycles. The molecule has 0 bridgehead atoms. The summed E-state index contributed by atoms with van der Waals surface area (Å²) in [5.74, 6) is -0.0915. The highest BCUT2D eigenvalue weighted by Gasteiger charge is 2.23. The first-order valence-electron chi connectivity index (χ1n) is 5.66. The van der Waals surface area contributed by atoms with Crippen LogP contribution in [0.5, 0.6) is 0 Å². The SMILES string of the molecule is Cc1cccc(NS(=O)(=O)c2c(N)ncn2C)c1C#N. The zero-order valence-corrected chi connectivity index (χ0v) is 11.8. The van der Waals surface area contributed by atoms with Crippen molar-refractivity contribution in [2.75, 3.05) is 10.5 Å². The molecule has 0 atom stereocenters. The highest BCUT2D eigenvalue weighted by atomic mass is 32.2. The maximum Gasteiger partial charge on any atom is 0.281 e. The van der Waals surface area contributed by atoms with E-state index in [1.807, 2.05) is 6.07 Å². The van der Waals surface area contributed by atoms with E-state index in [0.717, 1.165) is 0 Å². The second-order valence-electron chi connectivity index (χ2n) is 4.26. The van der Waals surface area contributed by atoms with Gasteiger partial charge in [0.15, 0.2) is 10.8 Å². The number of nitrogens with two attached hydrogens (primary N) is 1. The standard InChI is InChI=1S/C12H13N5O2S/c1-8-4-3-5-10(9(8)6-13)16-20(18,19)12-11(14)15-7-17(12)2/h3-5,7,16H,14H2,1-2H3. The summed E-state index contributed by atoms with van der Waals surface area (Å²) in [7, 11) is -2.38. The fourth-order valence-electron chi connectivity index (χ4n) is 1.86. The average Bonchev–Trinajstić information content (AvgIpc) is 2.69. The number of nitrogen functional groups attached to an aromatic ring is 1. The molecule has 0 unspecified atom stereocenters. The topological polar surface area (TPSA) is 114 Å². The van der Waals surface area contributed by atoms with Gasteiger partial charge in [-0.2, -0.15) is 13.7 Å². The van der Waals surface area contributed by atoms with Crippen LogP contribution in [-0.4, -0.2) is 18.0 Å². The number of aryl methyl sites for hydroxylation is 2. The number of nitriles is 1. The molecule has 0 saturated carbocycles. The van der Waals surface area contributed by atoms with E-state index in [0.29, 0.717) is 5.56 Å². The maximum absolute atomic E-state index is 12.3. The number of nitrogens with zero attached hydrogens (tertiary/aromatic N) is 3. The Morgan fingerprint density at radius 3 is 2.70 bits per heavy atom. The van der Waals surface area contributed by atoms with Gasteiger partial charge in [-0.3, -0.25) is 4.72 Å². The Hall–Kier alpha value is -2.53. The molecule has 0 saturated heterocycles. The number of imidazole rings is 1. The van der Waals surface area contributed by atoms with Crippen LogP contribution in [0.4, 0.5) is 11.5 Å². The van der Waals surface area contributed by atoms with E-state index in [-0.39, 0.29) is 22.1 Å².